The standard InChI is InChI=1S/C33H34/c1-6-9-10-15-32(30-21-20-28-23-26(5)17-19-29(28)24-30)33(22-18-25(4)13-7-2)31-16-12-11-14-27(31)8-3/h6-21,23-24H,1,22H2,2-5H3/b10-9-,13-7-,25-18-,27-8-,32-15+,33-31-. The van der Waals surface area contributed by atoms with Gasteiger partial charge in [0, 0.05) is 0 Å². The summed E-state index contributed by atoms with van der Waals surface area (Å²) in [6, 6.07) is 22.1. The highest BCUT2D eigenvalue weighted by Gasteiger charge is 2.10. The van der Waals surface area contributed by atoms with E-state index in [0.717, 1.165) is 6.42 Å². The van der Waals surface area contributed by atoms with Crippen LogP contribution in [0.1, 0.15) is 38.3 Å². The molecule has 0 unspecified atom stereocenters. The van der Waals surface area contributed by atoms with Crippen molar-refractivity contribution in [3.63, 3.8) is 0 Å². The van der Waals surface area contributed by atoms with Crippen molar-refractivity contribution in [2.24, 2.45) is 0 Å². The van der Waals surface area contributed by atoms with E-state index in [2.05, 4.69) is 131 Å². The Morgan fingerprint density at radius 3 is 2.42 bits per heavy atom. The SMILES string of the molecule is C=C\C=C/C=C(/C(C/C=C(C)\C=C/C)=c1/cccc/c1=C/C)c1ccc2cc(C)ccc2c1. The summed E-state index contributed by atoms with van der Waals surface area (Å²) in [5.74, 6) is 0. The molecule has 0 heteroatoms. The molecule has 0 nitrogen and oxygen atoms in total. The van der Waals surface area contributed by atoms with Gasteiger partial charge in [-0.15, -0.1) is 0 Å². The highest BCUT2D eigenvalue weighted by atomic mass is 14.1. The van der Waals surface area contributed by atoms with Crippen LogP contribution in [-0.4, -0.2) is 0 Å². The molecule has 0 bridgehead atoms. The van der Waals surface area contributed by atoms with Gasteiger partial charge in [-0.25, -0.2) is 0 Å². The Morgan fingerprint density at radius 1 is 0.909 bits per heavy atom. The van der Waals surface area contributed by atoms with Crippen LogP contribution in [0.5, 0.6) is 0 Å². The maximum Gasteiger partial charge on any atom is -0.00794 e. The summed E-state index contributed by atoms with van der Waals surface area (Å²) in [4.78, 5) is 0. The van der Waals surface area contributed by atoms with Crippen LogP contribution in [-0.2, 0) is 0 Å². The van der Waals surface area contributed by atoms with E-state index in [-0.39, 0.29) is 0 Å². The van der Waals surface area contributed by atoms with Crippen LogP contribution < -0.4 is 10.4 Å². The molecule has 0 amide bonds. The van der Waals surface area contributed by atoms with Gasteiger partial charge in [0.25, 0.3) is 0 Å². The van der Waals surface area contributed by atoms with Crippen molar-refractivity contribution < 1.29 is 0 Å². The summed E-state index contributed by atoms with van der Waals surface area (Å²) in [5.41, 5.74) is 6.31. The molecule has 0 aliphatic carbocycles. The molecule has 0 fully saturated rings. The number of benzene rings is 3. The summed E-state index contributed by atoms with van der Waals surface area (Å²) >= 11 is 0. The minimum atomic E-state index is 0.848. The van der Waals surface area contributed by atoms with E-state index in [0.29, 0.717) is 0 Å². The summed E-state index contributed by atoms with van der Waals surface area (Å²) in [5, 5.41) is 5.05. The van der Waals surface area contributed by atoms with Gasteiger partial charge in [-0.1, -0.05) is 121 Å². The van der Waals surface area contributed by atoms with E-state index in [1.807, 2.05) is 12.2 Å². The van der Waals surface area contributed by atoms with Crippen molar-refractivity contribution in [3.8, 4) is 0 Å². The van der Waals surface area contributed by atoms with E-state index in [4.69, 9.17) is 0 Å². The predicted molar refractivity (Wildman–Crippen MR) is 148 cm³/mol. The Balaban J connectivity index is 2.33. The smallest absolute Gasteiger partial charge is 0.00794 e. The van der Waals surface area contributed by atoms with Gasteiger partial charge in [-0.2, -0.15) is 0 Å². The Kier molecular flexibility index (Phi) is 8.61. The Hall–Kier alpha value is -3.64. The van der Waals surface area contributed by atoms with E-state index in [1.165, 1.54) is 49.1 Å². The summed E-state index contributed by atoms with van der Waals surface area (Å²) in [6.07, 6.45) is 17.7. The minimum Gasteiger partial charge on any atom is -0.0991 e. The summed E-state index contributed by atoms with van der Waals surface area (Å²) in [7, 11) is 0. The molecular weight excluding hydrogens is 396 g/mol. The van der Waals surface area contributed by atoms with Gasteiger partial charge < -0.3 is 0 Å². The van der Waals surface area contributed by atoms with Crippen molar-refractivity contribution in [1.82, 2.24) is 0 Å². The maximum absolute atomic E-state index is 3.84. The minimum absolute atomic E-state index is 0.848. The fourth-order valence-electron chi connectivity index (χ4n) is 4.12. The van der Waals surface area contributed by atoms with Crippen molar-refractivity contribution >= 4 is 28.0 Å². The van der Waals surface area contributed by atoms with E-state index >= 15 is 0 Å². The molecule has 3 rings (SSSR count). The first kappa shape index (κ1) is 24.0. The lowest BCUT2D eigenvalue weighted by Gasteiger charge is -2.14. The highest BCUT2D eigenvalue weighted by Crippen LogP contribution is 2.30. The van der Waals surface area contributed by atoms with Gasteiger partial charge in [0.05, 0.1) is 0 Å². The number of hydrogen-bond acceptors (Lipinski definition) is 0. The van der Waals surface area contributed by atoms with Crippen molar-refractivity contribution in [3.05, 3.63) is 137 Å². The zero-order valence-corrected chi connectivity index (χ0v) is 20.3. The Morgan fingerprint density at radius 2 is 1.67 bits per heavy atom. The number of allylic oxidation sites excluding steroid dienone is 9. The lowest BCUT2D eigenvalue weighted by Crippen LogP contribution is -2.26. The normalized spacial score (nSPS) is 14.5. The zero-order valence-electron chi connectivity index (χ0n) is 20.3. The van der Waals surface area contributed by atoms with Crippen LogP contribution in [0.15, 0.2) is 115 Å². The molecule has 0 aliphatic rings. The molecule has 0 N–H and O–H groups in total. The van der Waals surface area contributed by atoms with Crippen LogP contribution >= 0.6 is 0 Å². The molecule has 0 aromatic heterocycles. The predicted octanol–water partition coefficient (Wildman–Crippen LogP) is 7.84. The number of fused-ring (bicyclic) bond motifs is 1. The first-order valence-corrected chi connectivity index (χ1v) is 11.6. The van der Waals surface area contributed by atoms with Crippen molar-refractivity contribution in [2.45, 2.75) is 34.1 Å². The van der Waals surface area contributed by atoms with Gasteiger partial charge in [0.2, 0.25) is 0 Å². The molecule has 0 aliphatic heterocycles. The summed E-state index contributed by atoms with van der Waals surface area (Å²) < 4.78 is 0. The van der Waals surface area contributed by atoms with E-state index in [9.17, 15) is 0 Å². The van der Waals surface area contributed by atoms with Crippen LogP contribution in [0.2, 0.25) is 0 Å². The quantitative estimate of drug-likeness (QED) is 0.335. The van der Waals surface area contributed by atoms with Gasteiger partial charge in [-0.3, -0.25) is 0 Å². The fraction of sp³-hybridized carbons (Fsp3) is 0.152. The van der Waals surface area contributed by atoms with Gasteiger partial charge >= 0.3 is 0 Å². The molecule has 0 spiro atoms. The largest absolute Gasteiger partial charge is 0.0991 e. The van der Waals surface area contributed by atoms with Crippen LogP contribution in [0.4, 0.5) is 0 Å². The molecule has 3 aromatic rings. The summed E-state index contributed by atoms with van der Waals surface area (Å²) in [6.45, 7) is 12.3. The second-order valence-corrected chi connectivity index (χ2v) is 8.27. The first-order valence-electron chi connectivity index (χ1n) is 11.6. The molecule has 0 atom stereocenters. The third-order valence-corrected chi connectivity index (χ3v) is 5.80. The molecule has 0 radical (unpaired) electrons. The zero-order chi connectivity index (χ0) is 23.6. The lowest BCUT2D eigenvalue weighted by molar-refractivity contribution is 1.32. The topological polar surface area (TPSA) is 0 Å². The average molecular weight is 431 g/mol. The molecule has 0 saturated heterocycles. The van der Waals surface area contributed by atoms with Crippen LogP contribution in [0.25, 0.3) is 28.0 Å². The van der Waals surface area contributed by atoms with Crippen LogP contribution in [0, 0.1) is 6.92 Å². The lowest BCUT2D eigenvalue weighted by atomic mass is 9.90. The van der Waals surface area contributed by atoms with Crippen LogP contribution in [0.3, 0.4) is 0 Å². The first-order chi connectivity index (χ1) is 16.1. The van der Waals surface area contributed by atoms with E-state index < -0.39 is 0 Å². The van der Waals surface area contributed by atoms with Gasteiger partial charge in [0.15, 0.2) is 0 Å². The monoisotopic (exact) mass is 430 g/mol. The van der Waals surface area contributed by atoms with Crippen molar-refractivity contribution in [1.29, 1.82) is 0 Å². The molecule has 0 heterocycles. The average Bonchev–Trinajstić information content (AvgIpc) is 2.83. The van der Waals surface area contributed by atoms with Crippen molar-refractivity contribution in [2.75, 3.05) is 0 Å². The number of hydrogen-bond donors (Lipinski definition) is 0. The molecule has 166 valence electrons. The molecule has 0 saturated carbocycles. The fourth-order valence-corrected chi connectivity index (χ4v) is 4.12. The molecule has 3 aromatic carbocycles. The number of rotatable bonds is 7. The third-order valence-electron chi connectivity index (χ3n) is 5.80. The van der Waals surface area contributed by atoms with Gasteiger partial charge in [0.1, 0.15) is 0 Å². The Bertz CT molecular complexity index is 1370. The molecule has 33 heavy (non-hydrogen) atoms. The third kappa shape index (κ3) is 6.20. The second-order valence-electron chi connectivity index (χ2n) is 8.27. The molecular formula is C33H34. The maximum atomic E-state index is 3.84. The second kappa shape index (κ2) is 11.8. The Labute approximate surface area is 199 Å². The van der Waals surface area contributed by atoms with Gasteiger partial charge in [-0.05, 0) is 78.1 Å². The highest BCUT2D eigenvalue weighted by molar-refractivity contribution is 6.01. The van der Waals surface area contributed by atoms with E-state index in [1.54, 1.807) is 0 Å². The number of aryl methyl sites for hydroxylation is 1.